The van der Waals surface area contributed by atoms with Gasteiger partial charge >= 0.3 is 0 Å². The maximum absolute atomic E-state index is 9.44. The van der Waals surface area contributed by atoms with Crippen LogP contribution in [0.15, 0.2) is 193 Å². The van der Waals surface area contributed by atoms with Gasteiger partial charge in [-0.05, 0) is 72.1 Å². The van der Waals surface area contributed by atoms with E-state index >= 15 is 0 Å². The van der Waals surface area contributed by atoms with Gasteiger partial charge in [0.15, 0.2) is 0 Å². The Kier molecular flexibility index (Phi) is 9.35. The second-order valence-corrected chi connectivity index (χ2v) is 14.3. The largest absolute Gasteiger partial charge is 0.501 e. The summed E-state index contributed by atoms with van der Waals surface area (Å²) in [6.07, 6.45) is 3.75. The van der Waals surface area contributed by atoms with Crippen molar-refractivity contribution in [2.45, 2.75) is 0 Å². The molecular weight excluding hydrogens is 915 g/mol. The Balaban J connectivity index is 0.000000287. The van der Waals surface area contributed by atoms with E-state index in [1.165, 1.54) is 16.3 Å². The van der Waals surface area contributed by atoms with E-state index in [4.69, 9.17) is 9.40 Å². The summed E-state index contributed by atoms with van der Waals surface area (Å²) >= 11 is 0. The fourth-order valence-corrected chi connectivity index (χ4v) is 8.31. The number of benzene rings is 7. The van der Waals surface area contributed by atoms with Crippen molar-refractivity contribution in [1.82, 2.24) is 19.1 Å². The van der Waals surface area contributed by atoms with E-state index in [0.717, 1.165) is 72.0 Å². The summed E-state index contributed by atoms with van der Waals surface area (Å²) in [7, 11) is 0. The summed E-state index contributed by atoms with van der Waals surface area (Å²) in [6.45, 7) is 0. The summed E-state index contributed by atoms with van der Waals surface area (Å²) in [5.41, 5.74) is 12.2. The zero-order valence-electron chi connectivity index (χ0n) is 31.9. The summed E-state index contributed by atoms with van der Waals surface area (Å²) in [6, 6.07) is 68.5. The number of para-hydroxylation sites is 3. The first-order valence-corrected chi connectivity index (χ1v) is 19.4. The molecule has 0 aliphatic rings. The van der Waals surface area contributed by atoms with Gasteiger partial charge in [-0.15, -0.1) is 54.1 Å². The molecule has 0 fully saturated rings. The SMILES string of the molecule is N#Cc1ccc2c(c1)oc1c(-c3cc4c(cn3)c3ccccc3n4-c3ccc4c(c3)c3ccccc3n4-c3ccccc3)[c-]ccc12.[Ir].[c-]1ccccc1-c1ccccn1. The van der Waals surface area contributed by atoms with Gasteiger partial charge in [0.2, 0.25) is 0 Å². The molecule has 0 spiro atoms. The first-order valence-electron chi connectivity index (χ1n) is 19.4. The predicted octanol–water partition coefficient (Wildman–Crippen LogP) is 13.1. The van der Waals surface area contributed by atoms with E-state index in [0.29, 0.717) is 16.7 Å². The number of nitriles is 1. The third-order valence-electron chi connectivity index (χ3n) is 11.0. The minimum atomic E-state index is 0. The average molecular weight is 946 g/mol. The third kappa shape index (κ3) is 6.15. The Hall–Kier alpha value is -7.62. The molecule has 5 heterocycles. The van der Waals surface area contributed by atoms with Crippen LogP contribution in [-0.4, -0.2) is 19.1 Å². The van der Waals surface area contributed by atoms with Gasteiger partial charge in [-0.1, -0.05) is 89.8 Å². The van der Waals surface area contributed by atoms with Crippen molar-refractivity contribution in [1.29, 1.82) is 5.26 Å². The molecule has 6 nitrogen and oxygen atoms in total. The molecule has 0 amide bonds. The summed E-state index contributed by atoms with van der Waals surface area (Å²) in [5, 5.41) is 16.0. The van der Waals surface area contributed by atoms with Gasteiger partial charge in [0, 0.05) is 76.3 Å². The zero-order chi connectivity index (χ0) is 39.3. The van der Waals surface area contributed by atoms with Crippen LogP contribution in [-0.2, 0) is 20.1 Å². The number of rotatable bonds is 4. The van der Waals surface area contributed by atoms with E-state index in [1.54, 1.807) is 12.3 Å². The molecule has 0 aliphatic heterocycles. The Morgan fingerprint density at radius 3 is 2.00 bits per heavy atom. The molecule has 12 aromatic rings. The minimum Gasteiger partial charge on any atom is -0.501 e. The molecule has 12 rings (SSSR count). The van der Waals surface area contributed by atoms with Crippen LogP contribution in [0.25, 0.3) is 99.4 Å². The number of hydrogen-bond donors (Lipinski definition) is 0. The molecule has 0 atom stereocenters. The van der Waals surface area contributed by atoms with E-state index in [-0.39, 0.29) is 20.1 Å². The molecule has 1 radical (unpaired) electrons. The fourth-order valence-electron chi connectivity index (χ4n) is 8.31. The van der Waals surface area contributed by atoms with Crippen molar-refractivity contribution in [3.05, 3.63) is 206 Å². The first-order chi connectivity index (χ1) is 29.2. The number of aromatic nitrogens is 4. The summed E-state index contributed by atoms with van der Waals surface area (Å²) in [5.74, 6) is 0. The number of furan rings is 1. The summed E-state index contributed by atoms with van der Waals surface area (Å²) < 4.78 is 11.0. The molecular formula is C53H31IrN5O-2. The number of fused-ring (bicyclic) bond motifs is 9. The number of nitrogens with zero attached hydrogens (tertiary/aromatic N) is 5. The van der Waals surface area contributed by atoms with E-state index in [1.807, 2.05) is 72.9 Å². The first kappa shape index (κ1) is 36.7. The summed E-state index contributed by atoms with van der Waals surface area (Å²) in [4.78, 5) is 9.17. The molecule has 285 valence electrons. The van der Waals surface area contributed by atoms with Gasteiger partial charge in [0.05, 0.1) is 33.8 Å². The van der Waals surface area contributed by atoms with Crippen molar-refractivity contribution < 1.29 is 24.5 Å². The molecule has 7 aromatic carbocycles. The van der Waals surface area contributed by atoms with Crippen molar-refractivity contribution in [2.75, 3.05) is 0 Å². The quantitative estimate of drug-likeness (QED) is 0.165. The van der Waals surface area contributed by atoms with E-state index < -0.39 is 0 Å². The molecule has 0 N–H and O–H groups in total. The van der Waals surface area contributed by atoms with Gasteiger partial charge in [-0.2, -0.15) is 5.26 Å². The van der Waals surface area contributed by atoms with Crippen LogP contribution in [0.3, 0.4) is 0 Å². The maximum Gasteiger partial charge on any atom is 0.122 e. The van der Waals surface area contributed by atoms with Crippen molar-refractivity contribution in [2.24, 2.45) is 0 Å². The molecule has 0 aliphatic carbocycles. The predicted molar refractivity (Wildman–Crippen MR) is 238 cm³/mol. The van der Waals surface area contributed by atoms with Gasteiger partial charge in [-0.25, -0.2) is 0 Å². The van der Waals surface area contributed by atoms with Crippen LogP contribution in [0.4, 0.5) is 0 Å². The van der Waals surface area contributed by atoms with Gasteiger partial charge < -0.3 is 23.5 Å². The van der Waals surface area contributed by atoms with Gasteiger partial charge in [0.25, 0.3) is 0 Å². The second-order valence-electron chi connectivity index (χ2n) is 14.3. The topological polar surface area (TPSA) is 72.6 Å². The van der Waals surface area contributed by atoms with Crippen LogP contribution >= 0.6 is 0 Å². The smallest absolute Gasteiger partial charge is 0.122 e. The zero-order valence-corrected chi connectivity index (χ0v) is 34.3. The molecule has 7 heteroatoms. The molecule has 0 bridgehead atoms. The van der Waals surface area contributed by atoms with Crippen molar-refractivity contribution >= 4 is 65.6 Å². The monoisotopic (exact) mass is 946 g/mol. The van der Waals surface area contributed by atoms with Crippen molar-refractivity contribution in [3.8, 4) is 40.0 Å². The molecule has 0 saturated carbocycles. The number of pyridine rings is 2. The van der Waals surface area contributed by atoms with Gasteiger partial charge in [-0.3, -0.25) is 0 Å². The normalized spacial score (nSPS) is 11.2. The Morgan fingerprint density at radius 1 is 0.500 bits per heavy atom. The third-order valence-corrected chi connectivity index (χ3v) is 11.0. The Bertz CT molecular complexity index is 3530. The van der Waals surface area contributed by atoms with E-state index in [2.05, 4.69) is 135 Å². The van der Waals surface area contributed by atoms with Crippen LogP contribution in [0.2, 0.25) is 0 Å². The maximum atomic E-state index is 9.44. The standard InChI is InChI=1S/C42H23N4O.C11H8N.Ir/c43-24-26-17-19-31-32-13-8-14-33(42(32)47-41(31)21-26)36-23-40-35(25-44-36)30-12-5-7-16-38(30)46(40)28-18-20-39-34(22-28)29-11-4-6-15-37(29)45(39)27-9-2-1-3-10-27;1-2-6-10(7-3-1)11-8-4-5-9-12-11;/h1-13,15-23,25H;1-6,8-9H;/q2*-1;. The Labute approximate surface area is 358 Å². The number of hydrogen-bond acceptors (Lipinski definition) is 4. The van der Waals surface area contributed by atoms with Crippen molar-refractivity contribution in [3.63, 3.8) is 0 Å². The molecule has 0 unspecified atom stereocenters. The van der Waals surface area contributed by atoms with Crippen LogP contribution < -0.4 is 0 Å². The van der Waals surface area contributed by atoms with Gasteiger partial charge in [0.1, 0.15) is 5.58 Å². The van der Waals surface area contributed by atoms with Crippen LogP contribution in [0.5, 0.6) is 0 Å². The average Bonchev–Trinajstić information content (AvgIpc) is 3.97. The Morgan fingerprint density at radius 2 is 1.23 bits per heavy atom. The second kappa shape index (κ2) is 15.3. The van der Waals surface area contributed by atoms with Crippen LogP contribution in [0, 0.1) is 23.5 Å². The van der Waals surface area contributed by atoms with E-state index in [9.17, 15) is 5.26 Å². The molecule has 5 aromatic heterocycles. The minimum absolute atomic E-state index is 0. The molecule has 0 saturated heterocycles. The molecule has 60 heavy (non-hydrogen) atoms. The fraction of sp³-hybridized carbons (Fsp3) is 0. The van der Waals surface area contributed by atoms with Crippen LogP contribution in [0.1, 0.15) is 5.56 Å².